The van der Waals surface area contributed by atoms with Crippen molar-refractivity contribution in [1.29, 1.82) is 0 Å². The normalized spacial score (nSPS) is 13.1. The number of para-hydroxylation sites is 1. The zero-order chi connectivity index (χ0) is 13.0. The van der Waals surface area contributed by atoms with E-state index in [0.29, 0.717) is 12.0 Å². The number of rotatable bonds is 5. The molecule has 2 rings (SSSR count). The molecule has 0 radical (unpaired) electrons. The molecule has 2 aromatic rings. The minimum atomic E-state index is 0.391. The van der Waals surface area contributed by atoms with E-state index in [2.05, 4.69) is 55.3 Å². The second-order valence-electron chi connectivity index (χ2n) is 5.14. The summed E-state index contributed by atoms with van der Waals surface area (Å²) < 4.78 is 0. The summed E-state index contributed by atoms with van der Waals surface area (Å²) >= 11 is 0. The molecule has 1 aromatic carbocycles. The summed E-state index contributed by atoms with van der Waals surface area (Å²) in [5.41, 5.74) is 2.36. The first-order valence-electron chi connectivity index (χ1n) is 6.80. The number of nitrogens with one attached hydrogen (secondary N) is 1. The standard InChI is InChI=1S/C16H22N2/c1-4-9-17-16(12(2)3)14-10-13-7-5-6-8-15(13)18-11-14/h5-8,10-12,16-17H,4,9H2,1-3H3. The van der Waals surface area contributed by atoms with Gasteiger partial charge < -0.3 is 5.32 Å². The molecule has 96 valence electrons. The van der Waals surface area contributed by atoms with Gasteiger partial charge in [-0.15, -0.1) is 0 Å². The quantitative estimate of drug-likeness (QED) is 0.859. The van der Waals surface area contributed by atoms with E-state index in [9.17, 15) is 0 Å². The van der Waals surface area contributed by atoms with Crippen LogP contribution in [0, 0.1) is 5.92 Å². The van der Waals surface area contributed by atoms with Gasteiger partial charge in [-0.25, -0.2) is 0 Å². The molecular formula is C16H22N2. The highest BCUT2D eigenvalue weighted by molar-refractivity contribution is 5.78. The Bertz CT molecular complexity index is 505. The summed E-state index contributed by atoms with van der Waals surface area (Å²) in [6.45, 7) is 7.75. The minimum Gasteiger partial charge on any atom is -0.310 e. The highest BCUT2D eigenvalue weighted by Gasteiger charge is 2.15. The van der Waals surface area contributed by atoms with Crippen LogP contribution < -0.4 is 5.32 Å². The SMILES string of the molecule is CCCNC(c1cnc2ccccc2c1)C(C)C. The lowest BCUT2D eigenvalue weighted by Gasteiger charge is -2.22. The monoisotopic (exact) mass is 242 g/mol. The van der Waals surface area contributed by atoms with Crippen molar-refractivity contribution in [2.24, 2.45) is 5.92 Å². The van der Waals surface area contributed by atoms with Crippen LogP contribution in [0.25, 0.3) is 10.9 Å². The smallest absolute Gasteiger partial charge is 0.0702 e. The van der Waals surface area contributed by atoms with E-state index in [-0.39, 0.29) is 0 Å². The molecule has 0 spiro atoms. The van der Waals surface area contributed by atoms with Crippen LogP contribution in [-0.4, -0.2) is 11.5 Å². The second-order valence-corrected chi connectivity index (χ2v) is 5.14. The summed E-state index contributed by atoms with van der Waals surface area (Å²) in [7, 11) is 0. The van der Waals surface area contributed by atoms with Crippen LogP contribution in [0.15, 0.2) is 36.5 Å². The minimum absolute atomic E-state index is 0.391. The van der Waals surface area contributed by atoms with Gasteiger partial charge in [-0.05, 0) is 36.6 Å². The highest BCUT2D eigenvalue weighted by atomic mass is 14.9. The van der Waals surface area contributed by atoms with Crippen molar-refractivity contribution in [3.05, 3.63) is 42.1 Å². The van der Waals surface area contributed by atoms with Gasteiger partial charge in [0.2, 0.25) is 0 Å². The van der Waals surface area contributed by atoms with Crippen LogP contribution in [0.5, 0.6) is 0 Å². The number of hydrogen-bond acceptors (Lipinski definition) is 2. The van der Waals surface area contributed by atoms with Gasteiger partial charge in [0, 0.05) is 17.6 Å². The van der Waals surface area contributed by atoms with Crippen LogP contribution in [-0.2, 0) is 0 Å². The second kappa shape index (κ2) is 5.96. The van der Waals surface area contributed by atoms with E-state index in [1.54, 1.807) is 0 Å². The topological polar surface area (TPSA) is 24.9 Å². The van der Waals surface area contributed by atoms with Gasteiger partial charge in [-0.1, -0.05) is 39.0 Å². The first-order chi connectivity index (χ1) is 8.72. The molecule has 1 heterocycles. The lowest BCUT2D eigenvalue weighted by atomic mass is 9.96. The Balaban J connectivity index is 2.32. The summed E-state index contributed by atoms with van der Waals surface area (Å²) in [5, 5.41) is 4.83. The van der Waals surface area contributed by atoms with Gasteiger partial charge in [-0.2, -0.15) is 0 Å². The Labute approximate surface area is 109 Å². The molecule has 1 aromatic heterocycles. The number of pyridine rings is 1. The fraction of sp³-hybridized carbons (Fsp3) is 0.438. The third-order valence-corrected chi connectivity index (χ3v) is 3.25. The van der Waals surface area contributed by atoms with Gasteiger partial charge in [0.15, 0.2) is 0 Å². The molecule has 0 aliphatic carbocycles. The first-order valence-corrected chi connectivity index (χ1v) is 6.80. The van der Waals surface area contributed by atoms with Gasteiger partial charge in [0.1, 0.15) is 0 Å². The van der Waals surface area contributed by atoms with Crippen molar-refractivity contribution in [3.63, 3.8) is 0 Å². The largest absolute Gasteiger partial charge is 0.310 e. The molecule has 1 atom stereocenters. The molecule has 2 heteroatoms. The number of aromatic nitrogens is 1. The molecular weight excluding hydrogens is 220 g/mol. The molecule has 18 heavy (non-hydrogen) atoms. The summed E-state index contributed by atoms with van der Waals surface area (Å²) in [5.74, 6) is 0.569. The highest BCUT2D eigenvalue weighted by Crippen LogP contribution is 2.23. The van der Waals surface area contributed by atoms with Gasteiger partial charge in [-0.3, -0.25) is 4.98 Å². The fourth-order valence-corrected chi connectivity index (χ4v) is 2.30. The van der Waals surface area contributed by atoms with E-state index in [4.69, 9.17) is 0 Å². The van der Waals surface area contributed by atoms with Crippen LogP contribution in [0.2, 0.25) is 0 Å². The summed E-state index contributed by atoms with van der Waals surface area (Å²) in [6, 6.07) is 10.9. The third kappa shape index (κ3) is 2.88. The van der Waals surface area contributed by atoms with Crippen LogP contribution in [0.3, 0.4) is 0 Å². The average Bonchev–Trinajstić information content (AvgIpc) is 2.38. The molecule has 1 N–H and O–H groups in total. The van der Waals surface area contributed by atoms with Crippen LogP contribution in [0.4, 0.5) is 0 Å². The molecule has 0 aliphatic rings. The number of nitrogens with zero attached hydrogens (tertiary/aromatic N) is 1. The van der Waals surface area contributed by atoms with Crippen molar-refractivity contribution in [2.75, 3.05) is 6.54 Å². The lowest BCUT2D eigenvalue weighted by molar-refractivity contribution is 0.412. The van der Waals surface area contributed by atoms with Crippen LogP contribution >= 0.6 is 0 Å². The summed E-state index contributed by atoms with van der Waals surface area (Å²) in [4.78, 5) is 4.55. The Morgan fingerprint density at radius 2 is 2.00 bits per heavy atom. The maximum atomic E-state index is 4.55. The Morgan fingerprint density at radius 3 is 2.72 bits per heavy atom. The van der Waals surface area contributed by atoms with Gasteiger partial charge in [0.05, 0.1) is 5.52 Å². The molecule has 0 saturated carbocycles. The molecule has 2 nitrogen and oxygen atoms in total. The zero-order valence-electron chi connectivity index (χ0n) is 11.5. The lowest BCUT2D eigenvalue weighted by Crippen LogP contribution is -2.26. The predicted octanol–water partition coefficient (Wildman–Crippen LogP) is 3.93. The fourth-order valence-electron chi connectivity index (χ4n) is 2.30. The van der Waals surface area contributed by atoms with Crippen molar-refractivity contribution < 1.29 is 0 Å². The predicted molar refractivity (Wildman–Crippen MR) is 77.6 cm³/mol. The van der Waals surface area contributed by atoms with Crippen LogP contribution in [0.1, 0.15) is 38.8 Å². The van der Waals surface area contributed by atoms with E-state index < -0.39 is 0 Å². The van der Waals surface area contributed by atoms with E-state index >= 15 is 0 Å². The van der Waals surface area contributed by atoms with Crippen molar-refractivity contribution in [3.8, 4) is 0 Å². The van der Waals surface area contributed by atoms with E-state index in [1.165, 1.54) is 10.9 Å². The molecule has 0 fully saturated rings. The van der Waals surface area contributed by atoms with Crippen molar-refractivity contribution in [2.45, 2.75) is 33.2 Å². The molecule has 1 unspecified atom stereocenters. The number of fused-ring (bicyclic) bond motifs is 1. The van der Waals surface area contributed by atoms with Gasteiger partial charge >= 0.3 is 0 Å². The first kappa shape index (κ1) is 13.0. The maximum Gasteiger partial charge on any atom is 0.0702 e. The Morgan fingerprint density at radius 1 is 1.22 bits per heavy atom. The third-order valence-electron chi connectivity index (χ3n) is 3.25. The Kier molecular flexibility index (Phi) is 4.32. The number of benzene rings is 1. The van der Waals surface area contributed by atoms with Gasteiger partial charge in [0.25, 0.3) is 0 Å². The molecule has 0 amide bonds. The van der Waals surface area contributed by atoms with Crippen molar-refractivity contribution in [1.82, 2.24) is 10.3 Å². The van der Waals surface area contributed by atoms with E-state index in [1.807, 2.05) is 12.3 Å². The number of hydrogen-bond donors (Lipinski definition) is 1. The molecule has 0 bridgehead atoms. The maximum absolute atomic E-state index is 4.55. The average molecular weight is 242 g/mol. The zero-order valence-corrected chi connectivity index (χ0v) is 11.5. The molecule has 0 saturated heterocycles. The summed E-state index contributed by atoms with van der Waals surface area (Å²) in [6.07, 6.45) is 3.17. The Hall–Kier alpha value is -1.41. The van der Waals surface area contributed by atoms with E-state index in [0.717, 1.165) is 18.5 Å². The molecule has 0 aliphatic heterocycles. The van der Waals surface area contributed by atoms with Crippen molar-refractivity contribution >= 4 is 10.9 Å².